The molecule has 1 unspecified atom stereocenters. The molecule has 1 aliphatic rings. The molecule has 0 saturated heterocycles. The van der Waals surface area contributed by atoms with E-state index >= 15 is 0 Å². The molecule has 2 aromatic heterocycles. The van der Waals surface area contributed by atoms with Crippen molar-refractivity contribution in [1.29, 1.82) is 0 Å². The molecule has 1 aliphatic carbocycles. The maximum Gasteiger partial charge on any atom is 0.304 e. The van der Waals surface area contributed by atoms with Gasteiger partial charge in [-0.05, 0) is 32.3 Å². The summed E-state index contributed by atoms with van der Waals surface area (Å²) < 4.78 is 2.20. The molecular formula is C13H16N2O2S. The molecule has 0 fully saturated rings. The molecule has 0 amide bonds. The molecule has 4 nitrogen and oxygen atoms in total. The SMILES string of the molecule is Cc1cc2c(n1Cc1csc(=O)[nH]1)CCCC2O. The van der Waals surface area contributed by atoms with Crippen molar-refractivity contribution in [2.24, 2.45) is 0 Å². The number of aliphatic hydroxyl groups excluding tert-OH is 1. The van der Waals surface area contributed by atoms with Crippen LogP contribution in [0.3, 0.4) is 0 Å². The predicted octanol–water partition coefficient (Wildman–Crippen LogP) is 1.96. The first kappa shape index (κ1) is 11.7. The topological polar surface area (TPSA) is 58.0 Å². The van der Waals surface area contributed by atoms with E-state index in [0.717, 1.165) is 36.2 Å². The van der Waals surface area contributed by atoms with Gasteiger partial charge in [-0.3, -0.25) is 4.79 Å². The zero-order chi connectivity index (χ0) is 12.7. The first-order valence-electron chi connectivity index (χ1n) is 6.19. The quantitative estimate of drug-likeness (QED) is 0.871. The van der Waals surface area contributed by atoms with Gasteiger partial charge in [-0.15, -0.1) is 0 Å². The van der Waals surface area contributed by atoms with E-state index in [4.69, 9.17) is 0 Å². The summed E-state index contributed by atoms with van der Waals surface area (Å²) in [6.45, 7) is 2.74. The molecular weight excluding hydrogens is 248 g/mol. The van der Waals surface area contributed by atoms with Crippen LogP contribution in [-0.4, -0.2) is 14.7 Å². The van der Waals surface area contributed by atoms with Crippen LogP contribution in [0.15, 0.2) is 16.2 Å². The van der Waals surface area contributed by atoms with E-state index in [-0.39, 0.29) is 11.0 Å². The number of nitrogens with one attached hydrogen (secondary N) is 1. The first-order chi connectivity index (χ1) is 8.65. The third-order valence-corrected chi connectivity index (χ3v) is 4.32. The van der Waals surface area contributed by atoms with Gasteiger partial charge in [-0.2, -0.15) is 0 Å². The standard InChI is InChI=1S/C13H16N2O2S/c1-8-5-10-11(3-2-4-12(10)16)15(8)6-9-7-18-13(17)14-9/h5,7,12,16H,2-4,6H2,1H3,(H,14,17). The van der Waals surface area contributed by atoms with Gasteiger partial charge in [0.05, 0.1) is 12.6 Å². The molecule has 18 heavy (non-hydrogen) atoms. The van der Waals surface area contributed by atoms with Gasteiger partial charge in [0.2, 0.25) is 0 Å². The van der Waals surface area contributed by atoms with Crippen molar-refractivity contribution in [2.45, 2.75) is 38.8 Å². The highest BCUT2D eigenvalue weighted by molar-refractivity contribution is 7.07. The first-order valence-corrected chi connectivity index (χ1v) is 7.07. The third-order valence-electron chi connectivity index (χ3n) is 3.60. The minimum Gasteiger partial charge on any atom is -0.388 e. The van der Waals surface area contributed by atoms with E-state index in [9.17, 15) is 9.90 Å². The second kappa shape index (κ2) is 4.40. The van der Waals surface area contributed by atoms with Crippen LogP contribution in [0.25, 0.3) is 0 Å². The Morgan fingerprint density at radius 1 is 1.61 bits per heavy atom. The van der Waals surface area contributed by atoms with E-state index in [1.807, 2.05) is 5.38 Å². The van der Waals surface area contributed by atoms with Crippen molar-refractivity contribution in [3.8, 4) is 0 Å². The van der Waals surface area contributed by atoms with Gasteiger partial charge in [0.25, 0.3) is 0 Å². The third kappa shape index (κ3) is 1.93. The number of aromatic amines is 1. The van der Waals surface area contributed by atoms with E-state index in [0.29, 0.717) is 6.54 Å². The van der Waals surface area contributed by atoms with Crippen molar-refractivity contribution in [2.75, 3.05) is 0 Å². The maximum atomic E-state index is 11.2. The smallest absolute Gasteiger partial charge is 0.304 e. The van der Waals surface area contributed by atoms with Crippen molar-refractivity contribution >= 4 is 11.3 Å². The molecule has 2 heterocycles. The summed E-state index contributed by atoms with van der Waals surface area (Å²) in [7, 11) is 0. The molecule has 1 atom stereocenters. The molecule has 3 rings (SSSR count). The Bertz CT molecular complexity index is 623. The fraction of sp³-hybridized carbons (Fsp3) is 0.462. The second-order valence-electron chi connectivity index (χ2n) is 4.86. The molecule has 0 saturated carbocycles. The summed E-state index contributed by atoms with van der Waals surface area (Å²) in [4.78, 5) is 14.0. The van der Waals surface area contributed by atoms with Gasteiger partial charge >= 0.3 is 4.87 Å². The zero-order valence-corrected chi connectivity index (χ0v) is 11.1. The predicted molar refractivity (Wildman–Crippen MR) is 71.1 cm³/mol. The van der Waals surface area contributed by atoms with Gasteiger partial charge in [-0.1, -0.05) is 11.3 Å². The van der Waals surface area contributed by atoms with Crippen LogP contribution >= 0.6 is 11.3 Å². The van der Waals surface area contributed by atoms with Gasteiger partial charge in [-0.25, -0.2) is 0 Å². The Balaban J connectivity index is 1.99. The molecule has 0 aliphatic heterocycles. The Morgan fingerprint density at radius 3 is 3.17 bits per heavy atom. The van der Waals surface area contributed by atoms with E-state index < -0.39 is 0 Å². The van der Waals surface area contributed by atoms with Crippen LogP contribution < -0.4 is 4.87 Å². The van der Waals surface area contributed by atoms with Gasteiger partial charge in [0.15, 0.2) is 0 Å². The van der Waals surface area contributed by atoms with Crippen LogP contribution in [-0.2, 0) is 13.0 Å². The lowest BCUT2D eigenvalue weighted by Gasteiger charge is -2.20. The van der Waals surface area contributed by atoms with Crippen LogP contribution in [0.5, 0.6) is 0 Å². The van der Waals surface area contributed by atoms with Crippen molar-refractivity contribution in [1.82, 2.24) is 9.55 Å². The van der Waals surface area contributed by atoms with Gasteiger partial charge < -0.3 is 14.7 Å². The highest BCUT2D eigenvalue weighted by Crippen LogP contribution is 2.32. The molecule has 0 aromatic carbocycles. The molecule has 96 valence electrons. The number of fused-ring (bicyclic) bond motifs is 1. The van der Waals surface area contributed by atoms with Gasteiger partial charge in [0, 0.05) is 28.0 Å². The van der Waals surface area contributed by atoms with E-state index in [1.165, 1.54) is 17.0 Å². The number of H-pyrrole nitrogens is 1. The highest BCUT2D eigenvalue weighted by Gasteiger charge is 2.23. The van der Waals surface area contributed by atoms with Gasteiger partial charge in [0.1, 0.15) is 0 Å². The molecule has 2 N–H and O–H groups in total. The molecule has 0 bridgehead atoms. The summed E-state index contributed by atoms with van der Waals surface area (Å²) in [6, 6.07) is 2.07. The fourth-order valence-corrected chi connectivity index (χ4v) is 3.30. The lowest BCUT2D eigenvalue weighted by atomic mass is 9.95. The summed E-state index contributed by atoms with van der Waals surface area (Å²) in [6.07, 6.45) is 2.56. The summed E-state index contributed by atoms with van der Waals surface area (Å²) >= 11 is 1.20. The Morgan fingerprint density at radius 2 is 2.44 bits per heavy atom. The number of hydrogen-bond donors (Lipinski definition) is 2. The lowest BCUT2D eigenvalue weighted by Crippen LogP contribution is -2.13. The second-order valence-corrected chi connectivity index (χ2v) is 5.70. The fourth-order valence-electron chi connectivity index (χ4n) is 2.72. The van der Waals surface area contributed by atoms with Crippen LogP contribution in [0, 0.1) is 6.92 Å². The summed E-state index contributed by atoms with van der Waals surface area (Å²) in [5.41, 5.74) is 4.37. The summed E-state index contributed by atoms with van der Waals surface area (Å²) in [5.74, 6) is 0. The zero-order valence-electron chi connectivity index (χ0n) is 10.3. The number of aliphatic hydroxyl groups is 1. The number of aryl methyl sites for hydroxylation is 1. The molecule has 2 aromatic rings. The van der Waals surface area contributed by atoms with E-state index in [2.05, 4.69) is 22.5 Å². The number of rotatable bonds is 2. The Labute approximate surface area is 109 Å². The van der Waals surface area contributed by atoms with Crippen LogP contribution in [0.1, 0.15) is 41.6 Å². The minimum absolute atomic E-state index is 0.0105. The maximum absolute atomic E-state index is 11.2. The number of hydrogen-bond acceptors (Lipinski definition) is 3. The van der Waals surface area contributed by atoms with Crippen molar-refractivity contribution in [3.63, 3.8) is 0 Å². The lowest BCUT2D eigenvalue weighted by molar-refractivity contribution is 0.155. The van der Waals surface area contributed by atoms with Crippen LogP contribution in [0.2, 0.25) is 0 Å². The number of aromatic nitrogens is 2. The molecule has 0 radical (unpaired) electrons. The number of nitrogens with zero attached hydrogens (tertiary/aromatic N) is 1. The monoisotopic (exact) mass is 264 g/mol. The highest BCUT2D eigenvalue weighted by atomic mass is 32.1. The Kier molecular flexibility index (Phi) is 2.87. The average molecular weight is 264 g/mol. The number of thiazole rings is 1. The Hall–Kier alpha value is -1.33. The van der Waals surface area contributed by atoms with Crippen molar-refractivity contribution < 1.29 is 5.11 Å². The van der Waals surface area contributed by atoms with Crippen molar-refractivity contribution in [3.05, 3.63) is 43.8 Å². The normalized spacial score (nSPS) is 18.9. The average Bonchev–Trinajstić information content (AvgIpc) is 2.87. The van der Waals surface area contributed by atoms with E-state index in [1.54, 1.807) is 0 Å². The summed E-state index contributed by atoms with van der Waals surface area (Å²) in [5, 5.41) is 11.9. The molecule has 5 heteroatoms. The minimum atomic E-state index is -0.324. The molecule has 0 spiro atoms. The largest absolute Gasteiger partial charge is 0.388 e. The van der Waals surface area contributed by atoms with Crippen LogP contribution in [0.4, 0.5) is 0 Å².